The zero-order valence-electron chi connectivity index (χ0n) is 18.4. The molecule has 2 fully saturated rings. The highest BCUT2D eigenvalue weighted by atomic mass is 35.5. The Labute approximate surface area is 201 Å². The number of nitro benzene ring substituents is 1. The van der Waals surface area contributed by atoms with E-state index in [0.717, 1.165) is 13.1 Å². The van der Waals surface area contributed by atoms with Gasteiger partial charge in [-0.1, -0.05) is 23.7 Å². The Morgan fingerprint density at radius 3 is 2.50 bits per heavy atom. The first-order chi connectivity index (χ1) is 16.4. The summed E-state index contributed by atoms with van der Waals surface area (Å²) in [7, 11) is 0. The van der Waals surface area contributed by atoms with Crippen LogP contribution in [0.5, 0.6) is 0 Å². The Bertz CT molecular complexity index is 1130. The molecule has 0 aliphatic carbocycles. The van der Waals surface area contributed by atoms with Crippen LogP contribution in [0.2, 0.25) is 5.02 Å². The number of hydrogen-bond donors (Lipinski definition) is 1. The number of nitro groups is 1. The third-order valence-electron chi connectivity index (χ3n) is 6.03. The van der Waals surface area contributed by atoms with Crippen LogP contribution in [0.25, 0.3) is 5.76 Å². The molecule has 34 heavy (non-hydrogen) atoms. The van der Waals surface area contributed by atoms with Gasteiger partial charge in [-0.15, -0.1) is 0 Å². The smallest absolute Gasteiger partial charge is 0.295 e. The van der Waals surface area contributed by atoms with E-state index < -0.39 is 22.7 Å². The maximum absolute atomic E-state index is 13.1. The molecule has 0 spiro atoms. The van der Waals surface area contributed by atoms with Crippen molar-refractivity contribution in [3.05, 3.63) is 80.4 Å². The van der Waals surface area contributed by atoms with Crippen molar-refractivity contribution in [2.75, 3.05) is 39.4 Å². The highest BCUT2D eigenvalue weighted by Gasteiger charge is 2.46. The number of rotatable bonds is 7. The van der Waals surface area contributed by atoms with Gasteiger partial charge in [0.05, 0.1) is 29.8 Å². The van der Waals surface area contributed by atoms with Gasteiger partial charge in [0.2, 0.25) is 0 Å². The molecule has 1 unspecified atom stereocenters. The lowest BCUT2D eigenvalue weighted by atomic mass is 9.95. The molecule has 2 saturated heterocycles. The van der Waals surface area contributed by atoms with Crippen molar-refractivity contribution < 1.29 is 24.4 Å². The highest BCUT2D eigenvalue weighted by Crippen LogP contribution is 2.40. The molecule has 0 radical (unpaired) electrons. The summed E-state index contributed by atoms with van der Waals surface area (Å²) in [5.74, 6) is -1.91. The normalized spacial score (nSPS) is 20.6. The number of ether oxygens (including phenoxy) is 1. The lowest BCUT2D eigenvalue weighted by Crippen LogP contribution is -2.39. The first-order valence-electron chi connectivity index (χ1n) is 11.0. The number of nitrogens with zero attached hydrogens (tertiary/aromatic N) is 3. The predicted octanol–water partition coefficient (Wildman–Crippen LogP) is 3.39. The Balaban J connectivity index is 1.70. The molecule has 2 aromatic rings. The van der Waals surface area contributed by atoms with E-state index in [9.17, 15) is 24.8 Å². The molecule has 2 aromatic carbocycles. The van der Waals surface area contributed by atoms with Crippen LogP contribution in [-0.4, -0.2) is 70.9 Å². The van der Waals surface area contributed by atoms with Crippen molar-refractivity contribution in [3.63, 3.8) is 0 Å². The number of benzene rings is 2. The van der Waals surface area contributed by atoms with Crippen molar-refractivity contribution >= 4 is 34.7 Å². The van der Waals surface area contributed by atoms with Gasteiger partial charge in [0.25, 0.3) is 17.4 Å². The largest absolute Gasteiger partial charge is 0.507 e. The fourth-order valence-electron chi connectivity index (χ4n) is 4.32. The Kier molecular flexibility index (Phi) is 7.26. The van der Waals surface area contributed by atoms with Crippen LogP contribution in [0.15, 0.2) is 54.1 Å². The quantitative estimate of drug-likeness (QED) is 0.210. The first-order valence-corrected chi connectivity index (χ1v) is 11.3. The van der Waals surface area contributed by atoms with Gasteiger partial charge < -0.3 is 14.7 Å². The maximum Gasteiger partial charge on any atom is 0.295 e. The SMILES string of the molecule is O=C1C(=O)N(CCCN2CCOCC2)C(c2cccc([N+](=O)[O-])c2)/C1=C(/O)c1ccc(Cl)cc1. The lowest BCUT2D eigenvalue weighted by Gasteiger charge is -2.29. The van der Waals surface area contributed by atoms with Gasteiger partial charge in [0.1, 0.15) is 5.76 Å². The molecule has 10 heteroatoms. The van der Waals surface area contributed by atoms with Crippen LogP contribution in [0.3, 0.4) is 0 Å². The molecule has 1 atom stereocenters. The fraction of sp³-hybridized carbons (Fsp3) is 0.333. The number of amides is 1. The molecule has 2 heterocycles. The molecular weight excluding hydrogens is 462 g/mol. The monoisotopic (exact) mass is 485 g/mol. The first kappa shape index (κ1) is 23.9. The predicted molar refractivity (Wildman–Crippen MR) is 125 cm³/mol. The number of morpholine rings is 1. The minimum atomic E-state index is -0.944. The molecule has 0 aromatic heterocycles. The summed E-state index contributed by atoms with van der Waals surface area (Å²) < 4.78 is 5.36. The van der Waals surface area contributed by atoms with Gasteiger partial charge in [0.15, 0.2) is 0 Å². The summed E-state index contributed by atoms with van der Waals surface area (Å²) in [5.41, 5.74) is 0.448. The fourth-order valence-corrected chi connectivity index (χ4v) is 4.44. The van der Waals surface area contributed by atoms with Gasteiger partial charge >= 0.3 is 0 Å². The van der Waals surface area contributed by atoms with Gasteiger partial charge in [-0.05, 0) is 36.2 Å². The molecule has 178 valence electrons. The number of likely N-dealkylation sites (tertiary alicyclic amines) is 1. The summed E-state index contributed by atoms with van der Waals surface area (Å²) in [4.78, 5) is 40.5. The number of Topliss-reactive ketones (excluding diaryl/α,β-unsaturated/α-hetero) is 1. The number of aliphatic hydroxyl groups excluding tert-OH is 1. The molecular formula is C24H24ClN3O6. The standard InChI is InChI=1S/C24H24ClN3O6/c25-18-7-5-16(6-8-18)22(29)20-21(17-3-1-4-19(15-17)28(32)33)27(24(31)23(20)30)10-2-9-26-11-13-34-14-12-26/h1,3-8,15,21,29H,2,9-14H2/b22-20-. The molecule has 4 rings (SSSR count). The van der Waals surface area contributed by atoms with Crippen LogP contribution in [0.4, 0.5) is 5.69 Å². The molecule has 0 bridgehead atoms. The van der Waals surface area contributed by atoms with Crippen molar-refractivity contribution in [2.45, 2.75) is 12.5 Å². The van der Waals surface area contributed by atoms with Crippen molar-refractivity contribution in [1.29, 1.82) is 0 Å². The Morgan fingerprint density at radius 1 is 1.12 bits per heavy atom. The summed E-state index contributed by atoms with van der Waals surface area (Å²) in [5, 5.41) is 22.9. The lowest BCUT2D eigenvalue weighted by molar-refractivity contribution is -0.384. The molecule has 9 nitrogen and oxygen atoms in total. The molecule has 2 aliphatic heterocycles. The molecule has 1 amide bonds. The van der Waals surface area contributed by atoms with Gasteiger partial charge in [0, 0.05) is 48.9 Å². The van der Waals surface area contributed by atoms with Crippen LogP contribution < -0.4 is 0 Å². The van der Waals surface area contributed by atoms with E-state index in [-0.39, 0.29) is 23.6 Å². The van der Waals surface area contributed by atoms with Crippen molar-refractivity contribution in [3.8, 4) is 0 Å². The Hall–Kier alpha value is -3.27. The third kappa shape index (κ3) is 4.96. The van der Waals surface area contributed by atoms with Gasteiger partial charge in [-0.25, -0.2) is 0 Å². The van der Waals surface area contributed by atoms with Gasteiger partial charge in [-0.3, -0.25) is 24.6 Å². The second-order valence-corrected chi connectivity index (χ2v) is 8.60. The number of ketones is 1. The van der Waals surface area contributed by atoms with Crippen LogP contribution in [0, 0.1) is 10.1 Å². The van der Waals surface area contributed by atoms with E-state index in [0.29, 0.717) is 42.3 Å². The van der Waals surface area contributed by atoms with E-state index >= 15 is 0 Å². The second-order valence-electron chi connectivity index (χ2n) is 8.16. The van der Waals surface area contributed by atoms with Crippen LogP contribution in [0.1, 0.15) is 23.6 Å². The molecule has 1 N–H and O–H groups in total. The Morgan fingerprint density at radius 2 is 1.82 bits per heavy atom. The van der Waals surface area contributed by atoms with E-state index in [1.54, 1.807) is 30.3 Å². The molecule has 0 saturated carbocycles. The zero-order chi connectivity index (χ0) is 24.2. The molecule has 2 aliphatic rings. The number of hydrogen-bond acceptors (Lipinski definition) is 7. The summed E-state index contributed by atoms with van der Waals surface area (Å²) in [6.07, 6.45) is 0.597. The van der Waals surface area contributed by atoms with E-state index in [1.165, 1.54) is 23.1 Å². The van der Waals surface area contributed by atoms with Crippen LogP contribution in [-0.2, 0) is 14.3 Å². The van der Waals surface area contributed by atoms with Crippen molar-refractivity contribution in [2.24, 2.45) is 0 Å². The summed E-state index contributed by atoms with van der Waals surface area (Å²) in [6, 6.07) is 11.1. The van der Waals surface area contributed by atoms with E-state index in [4.69, 9.17) is 16.3 Å². The second kappa shape index (κ2) is 10.3. The number of aliphatic hydroxyl groups is 1. The zero-order valence-corrected chi connectivity index (χ0v) is 19.1. The van der Waals surface area contributed by atoms with E-state index in [2.05, 4.69) is 4.90 Å². The third-order valence-corrected chi connectivity index (χ3v) is 6.28. The number of halogens is 1. The average Bonchev–Trinajstić information content (AvgIpc) is 3.10. The minimum absolute atomic E-state index is 0.0980. The number of carbonyl (C=O) groups is 2. The number of carbonyl (C=O) groups excluding carboxylic acids is 2. The van der Waals surface area contributed by atoms with Crippen LogP contribution >= 0.6 is 11.6 Å². The highest BCUT2D eigenvalue weighted by molar-refractivity contribution is 6.46. The van der Waals surface area contributed by atoms with Crippen molar-refractivity contribution in [1.82, 2.24) is 9.80 Å². The van der Waals surface area contributed by atoms with E-state index in [1.807, 2.05) is 0 Å². The van der Waals surface area contributed by atoms with Gasteiger partial charge in [-0.2, -0.15) is 0 Å². The average molecular weight is 486 g/mol. The number of non-ortho nitro benzene ring substituents is 1. The summed E-state index contributed by atoms with van der Waals surface area (Å²) >= 11 is 5.94. The summed E-state index contributed by atoms with van der Waals surface area (Å²) in [6.45, 7) is 3.86. The topological polar surface area (TPSA) is 113 Å². The maximum atomic E-state index is 13.1. The minimum Gasteiger partial charge on any atom is -0.507 e.